The average Bonchev–Trinajstić information content (AvgIpc) is 3.34. The van der Waals surface area contributed by atoms with E-state index in [4.69, 9.17) is 14.3 Å². The van der Waals surface area contributed by atoms with E-state index in [9.17, 15) is 13.2 Å². The van der Waals surface area contributed by atoms with E-state index in [0.717, 1.165) is 11.3 Å². The quantitative estimate of drug-likeness (QED) is 0.653. The van der Waals surface area contributed by atoms with Crippen molar-refractivity contribution in [3.63, 3.8) is 0 Å². The van der Waals surface area contributed by atoms with E-state index >= 15 is 0 Å². The number of methoxy groups -OCH3 is 2. The summed E-state index contributed by atoms with van der Waals surface area (Å²) in [6.45, 7) is 0.886. The molecule has 170 valence electrons. The summed E-state index contributed by atoms with van der Waals surface area (Å²) < 4.78 is 38.2. The highest BCUT2D eigenvalue weighted by atomic mass is 32.2. The molecule has 2 heterocycles. The number of amides is 1. The van der Waals surface area contributed by atoms with E-state index < -0.39 is 16.1 Å². The van der Waals surface area contributed by atoms with Crippen LogP contribution in [0.15, 0.2) is 58.6 Å². The fourth-order valence-electron chi connectivity index (χ4n) is 3.79. The second kappa shape index (κ2) is 9.17. The normalized spacial score (nSPS) is 19.2. The van der Waals surface area contributed by atoms with Gasteiger partial charge in [-0.1, -0.05) is 35.5 Å². The van der Waals surface area contributed by atoms with Gasteiger partial charge in [0.05, 0.1) is 19.9 Å². The van der Waals surface area contributed by atoms with Gasteiger partial charge in [0.15, 0.2) is 0 Å². The fourth-order valence-corrected chi connectivity index (χ4v) is 5.38. The molecule has 0 N–H and O–H groups in total. The van der Waals surface area contributed by atoms with Crippen LogP contribution in [0, 0.1) is 0 Å². The van der Waals surface area contributed by atoms with Crippen LogP contribution in [0.25, 0.3) is 0 Å². The first kappa shape index (κ1) is 22.1. The van der Waals surface area contributed by atoms with Crippen LogP contribution >= 0.6 is 0 Å². The molecule has 0 bridgehead atoms. The Morgan fingerprint density at radius 2 is 1.75 bits per heavy atom. The van der Waals surface area contributed by atoms with Crippen molar-refractivity contribution in [2.24, 2.45) is 5.16 Å². The molecule has 10 heteroatoms. The van der Waals surface area contributed by atoms with Gasteiger partial charge in [-0.2, -0.15) is 4.31 Å². The van der Waals surface area contributed by atoms with Gasteiger partial charge in [0.2, 0.25) is 16.1 Å². The van der Waals surface area contributed by atoms with Crippen molar-refractivity contribution < 1.29 is 27.5 Å². The number of rotatable bonds is 6. The van der Waals surface area contributed by atoms with Crippen LogP contribution in [0.1, 0.15) is 12.0 Å². The highest BCUT2D eigenvalue weighted by Crippen LogP contribution is 2.31. The molecule has 4 rings (SSSR count). The zero-order valence-electron chi connectivity index (χ0n) is 17.9. The average molecular weight is 460 g/mol. The number of sulfonamides is 1. The first-order valence-electron chi connectivity index (χ1n) is 10.2. The van der Waals surface area contributed by atoms with Crippen molar-refractivity contribution in [1.29, 1.82) is 0 Å². The van der Waals surface area contributed by atoms with Gasteiger partial charge in [0.25, 0.3) is 5.91 Å². The third kappa shape index (κ3) is 4.28. The Labute approximate surface area is 187 Å². The minimum atomic E-state index is -3.81. The monoisotopic (exact) mass is 459 g/mol. The third-order valence-corrected chi connectivity index (χ3v) is 7.51. The van der Waals surface area contributed by atoms with Gasteiger partial charge in [-0.3, -0.25) is 4.79 Å². The minimum absolute atomic E-state index is 0.0409. The minimum Gasteiger partial charge on any atom is -0.497 e. The van der Waals surface area contributed by atoms with E-state index in [2.05, 4.69) is 5.16 Å². The zero-order chi connectivity index (χ0) is 22.7. The molecule has 1 atom stereocenters. The molecule has 0 aromatic heterocycles. The zero-order valence-corrected chi connectivity index (χ0v) is 18.7. The summed E-state index contributed by atoms with van der Waals surface area (Å²) in [4.78, 5) is 20.0. The summed E-state index contributed by atoms with van der Waals surface area (Å²) in [7, 11) is -0.920. The lowest BCUT2D eigenvalue weighted by Gasteiger charge is -2.34. The molecule has 1 saturated heterocycles. The summed E-state index contributed by atoms with van der Waals surface area (Å²) in [6.07, 6.45) is -0.297. The Hall–Kier alpha value is -3.11. The number of nitrogens with zero attached hydrogens (tertiary/aromatic N) is 3. The SMILES string of the molecule is COc1ccc(OC)c(S(=O)(=O)N2CCN(C(=O)C3CC(c4ccccc4)=NO3)CC2)c1. The topological polar surface area (TPSA) is 97.7 Å². The van der Waals surface area contributed by atoms with E-state index in [-0.39, 0.29) is 42.7 Å². The molecule has 2 aliphatic heterocycles. The predicted molar refractivity (Wildman–Crippen MR) is 117 cm³/mol. The molecular weight excluding hydrogens is 434 g/mol. The number of carbonyl (C=O) groups excluding carboxylic acids is 1. The predicted octanol–water partition coefficient (Wildman–Crippen LogP) is 1.73. The van der Waals surface area contributed by atoms with E-state index in [0.29, 0.717) is 12.2 Å². The molecule has 32 heavy (non-hydrogen) atoms. The summed E-state index contributed by atoms with van der Waals surface area (Å²) in [5.41, 5.74) is 1.65. The number of piperazine rings is 1. The van der Waals surface area contributed by atoms with Crippen LogP contribution in [0.3, 0.4) is 0 Å². The summed E-state index contributed by atoms with van der Waals surface area (Å²) >= 11 is 0. The Morgan fingerprint density at radius 3 is 2.41 bits per heavy atom. The van der Waals surface area contributed by atoms with Crippen LogP contribution in [0.4, 0.5) is 0 Å². The van der Waals surface area contributed by atoms with Gasteiger partial charge < -0.3 is 19.2 Å². The van der Waals surface area contributed by atoms with Crippen molar-refractivity contribution in [2.75, 3.05) is 40.4 Å². The molecule has 1 amide bonds. The molecule has 0 radical (unpaired) electrons. The molecule has 2 aromatic rings. The van der Waals surface area contributed by atoms with Crippen LogP contribution < -0.4 is 9.47 Å². The highest BCUT2D eigenvalue weighted by molar-refractivity contribution is 7.89. The van der Waals surface area contributed by atoms with Crippen molar-refractivity contribution in [1.82, 2.24) is 9.21 Å². The maximum atomic E-state index is 13.2. The van der Waals surface area contributed by atoms with Crippen molar-refractivity contribution in [2.45, 2.75) is 17.4 Å². The Kier molecular flexibility index (Phi) is 6.33. The molecule has 0 aliphatic carbocycles. The van der Waals surface area contributed by atoms with Crippen LogP contribution in [0.5, 0.6) is 11.5 Å². The number of benzene rings is 2. The van der Waals surface area contributed by atoms with Crippen molar-refractivity contribution in [3.8, 4) is 11.5 Å². The van der Waals surface area contributed by atoms with Crippen molar-refractivity contribution >= 4 is 21.6 Å². The molecule has 0 spiro atoms. The first-order valence-corrected chi connectivity index (χ1v) is 11.7. The number of oxime groups is 1. The van der Waals surface area contributed by atoms with Gasteiger partial charge >= 0.3 is 0 Å². The van der Waals surface area contributed by atoms with Gasteiger partial charge in [-0.15, -0.1) is 0 Å². The molecule has 2 aromatic carbocycles. The van der Waals surface area contributed by atoms with Gasteiger partial charge in [-0.05, 0) is 17.7 Å². The van der Waals surface area contributed by atoms with Crippen LogP contribution in [0.2, 0.25) is 0 Å². The van der Waals surface area contributed by atoms with Crippen LogP contribution in [-0.2, 0) is 19.7 Å². The first-order chi connectivity index (χ1) is 15.4. The molecular formula is C22H25N3O6S. The Bertz CT molecular complexity index is 1110. The molecule has 2 aliphatic rings. The van der Waals surface area contributed by atoms with Crippen molar-refractivity contribution in [3.05, 3.63) is 54.1 Å². The second-order valence-electron chi connectivity index (χ2n) is 7.45. The highest BCUT2D eigenvalue weighted by Gasteiger charge is 2.37. The summed E-state index contributed by atoms with van der Waals surface area (Å²) in [6, 6.07) is 14.2. The Morgan fingerprint density at radius 1 is 1.03 bits per heavy atom. The second-order valence-corrected chi connectivity index (χ2v) is 9.35. The smallest absolute Gasteiger partial charge is 0.266 e. The maximum absolute atomic E-state index is 13.2. The third-order valence-electron chi connectivity index (χ3n) is 5.59. The van der Waals surface area contributed by atoms with E-state index in [1.165, 1.54) is 24.6 Å². The number of ether oxygens (including phenoxy) is 2. The summed E-state index contributed by atoms with van der Waals surface area (Å²) in [5.74, 6) is 0.482. The Balaban J connectivity index is 1.40. The maximum Gasteiger partial charge on any atom is 0.266 e. The molecule has 1 unspecified atom stereocenters. The molecule has 9 nitrogen and oxygen atoms in total. The fraction of sp³-hybridized carbons (Fsp3) is 0.364. The van der Waals surface area contributed by atoms with Gasteiger partial charge in [-0.25, -0.2) is 8.42 Å². The van der Waals surface area contributed by atoms with E-state index in [1.807, 2.05) is 30.3 Å². The lowest BCUT2D eigenvalue weighted by Crippen LogP contribution is -2.52. The number of hydrogen-bond acceptors (Lipinski definition) is 7. The summed E-state index contributed by atoms with van der Waals surface area (Å²) in [5, 5.41) is 4.07. The van der Waals surface area contributed by atoms with Crippen LogP contribution in [-0.4, -0.2) is 75.7 Å². The lowest BCUT2D eigenvalue weighted by atomic mass is 10.0. The largest absolute Gasteiger partial charge is 0.497 e. The molecule has 1 fully saturated rings. The number of hydrogen-bond donors (Lipinski definition) is 0. The molecule has 0 saturated carbocycles. The standard InChI is InChI=1S/C22H25N3O6S/c1-29-17-8-9-19(30-2)21(14-17)32(27,28)25-12-10-24(11-13-25)22(26)20-15-18(23-31-20)16-6-4-3-5-7-16/h3-9,14,20H,10-13,15H2,1-2H3. The lowest BCUT2D eigenvalue weighted by molar-refractivity contribution is -0.143. The van der Waals surface area contributed by atoms with E-state index in [1.54, 1.807) is 17.0 Å². The van der Waals surface area contributed by atoms with Gasteiger partial charge in [0, 0.05) is 38.7 Å². The number of carbonyl (C=O) groups is 1. The van der Waals surface area contributed by atoms with Gasteiger partial charge in [0.1, 0.15) is 16.4 Å².